The van der Waals surface area contributed by atoms with Gasteiger partial charge in [-0.2, -0.15) is 0 Å². The molecule has 25 heavy (non-hydrogen) atoms. The Balaban J connectivity index is 1.65. The van der Waals surface area contributed by atoms with Gasteiger partial charge in [-0.05, 0) is 43.3 Å². The first-order valence-electron chi connectivity index (χ1n) is 7.24. The summed E-state index contributed by atoms with van der Waals surface area (Å²) in [5, 5.41) is 3.29. The molecule has 0 aliphatic carbocycles. The van der Waals surface area contributed by atoms with E-state index in [0.29, 0.717) is 26.8 Å². The van der Waals surface area contributed by atoms with Gasteiger partial charge in [-0.1, -0.05) is 23.2 Å². The molecule has 1 unspecified atom stereocenters. The highest BCUT2D eigenvalue weighted by Gasteiger charge is 2.20. The van der Waals surface area contributed by atoms with Gasteiger partial charge >= 0.3 is 5.97 Å². The van der Waals surface area contributed by atoms with Crippen molar-refractivity contribution in [3.05, 3.63) is 58.4 Å². The molecule has 0 fully saturated rings. The van der Waals surface area contributed by atoms with E-state index in [-0.39, 0.29) is 5.56 Å². The van der Waals surface area contributed by atoms with Crippen LogP contribution in [0.15, 0.2) is 47.2 Å². The summed E-state index contributed by atoms with van der Waals surface area (Å²) in [7, 11) is 0. The highest BCUT2D eigenvalue weighted by molar-refractivity contribution is 6.42. The molecule has 3 rings (SSSR count). The maximum absolute atomic E-state index is 12.2. The summed E-state index contributed by atoms with van der Waals surface area (Å²) in [4.78, 5) is 28.3. The van der Waals surface area contributed by atoms with Gasteiger partial charge in [0, 0.05) is 5.69 Å². The minimum atomic E-state index is -1.00. The first-order valence-corrected chi connectivity index (χ1v) is 8.00. The number of carbonyl (C=O) groups excluding carboxylic acids is 2. The summed E-state index contributed by atoms with van der Waals surface area (Å²) in [6, 6.07) is 9.35. The van der Waals surface area contributed by atoms with Crippen LogP contribution < -0.4 is 5.32 Å². The lowest BCUT2D eigenvalue weighted by molar-refractivity contribution is -0.123. The predicted molar refractivity (Wildman–Crippen MR) is 94.0 cm³/mol. The van der Waals surface area contributed by atoms with Crippen molar-refractivity contribution < 1.29 is 18.7 Å². The van der Waals surface area contributed by atoms with Crippen LogP contribution in [0, 0.1) is 0 Å². The van der Waals surface area contributed by atoms with Gasteiger partial charge in [0.25, 0.3) is 5.91 Å². The van der Waals surface area contributed by atoms with Crippen molar-refractivity contribution >= 4 is 51.9 Å². The van der Waals surface area contributed by atoms with E-state index in [9.17, 15) is 9.59 Å². The molecular weight excluding hydrogens is 367 g/mol. The monoisotopic (exact) mass is 378 g/mol. The molecule has 0 radical (unpaired) electrons. The van der Waals surface area contributed by atoms with Crippen LogP contribution in [0.4, 0.5) is 5.69 Å². The number of hydrogen-bond acceptors (Lipinski definition) is 5. The molecule has 6 nitrogen and oxygen atoms in total. The molecule has 1 N–H and O–H groups in total. The second kappa shape index (κ2) is 7.13. The number of rotatable bonds is 4. The Bertz CT molecular complexity index is 955. The zero-order valence-electron chi connectivity index (χ0n) is 13.0. The van der Waals surface area contributed by atoms with E-state index in [2.05, 4.69) is 10.3 Å². The van der Waals surface area contributed by atoms with Crippen LogP contribution >= 0.6 is 23.2 Å². The number of carbonyl (C=O) groups is 2. The largest absolute Gasteiger partial charge is 0.449 e. The fraction of sp³-hybridized carbons (Fsp3) is 0.118. The number of fused-ring (bicyclic) bond motifs is 1. The van der Waals surface area contributed by atoms with Gasteiger partial charge < -0.3 is 14.5 Å². The van der Waals surface area contributed by atoms with E-state index >= 15 is 0 Å². The SMILES string of the molecule is CC(OC(=O)c1ccc2ocnc2c1)C(=O)Nc1ccc(Cl)c(Cl)c1. The average molecular weight is 379 g/mol. The van der Waals surface area contributed by atoms with Crippen LogP contribution in [0.1, 0.15) is 17.3 Å². The van der Waals surface area contributed by atoms with Crippen LogP contribution in [0.3, 0.4) is 0 Å². The molecule has 0 saturated heterocycles. The Kier molecular flexibility index (Phi) is 4.92. The van der Waals surface area contributed by atoms with E-state index in [0.717, 1.165) is 0 Å². The average Bonchev–Trinajstić information content (AvgIpc) is 3.05. The lowest BCUT2D eigenvalue weighted by Crippen LogP contribution is -2.30. The van der Waals surface area contributed by atoms with Crippen LogP contribution in [0.2, 0.25) is 10.0 Å². The molecule has 1 aromatic heterocycles. The number of oxazole rings is 1. The Hall–Kier alpha value is -2.57. The number of halogens is 2. The minimum absolute atomic E-state index is 0.274. The summed E-state index contributed by atoms with van der Waals surface area (Å²) in [5.41, 5.74) is 1.81. The summed E-state index contributed by atoms with van der Waals surface area (Å²) < 4.78 is 10.3. The smallest absolute Gasteiger partial charge is 0.338 e. The molecule has 8 heteroatoms. The number of amides is 1. The number of nitrogens with zero attached hydrogens (tertiary/aromatic N) is 1. The Morgan fingerprint density at radius 3 is 2.72 bits per heavy atom. The van der Waals surface area contributed by atoms with E-state index in [4.69, 9.17) is 32.4 Å². The summed E-state index contributed by atoms with van der Waals surface area (Å²) >= 11 is 11.7. The van der Waals surface area contributed by atoms with Gasteiger partial charge in [0.2, 0.25) is 0 Å². The molecule has 128 valence electrons. The molecule has 3 aromatic rings. The first kappa shape index (κ1) is 17.3. The second-order valence-corrected chi connectivity index (χ2v) is 6.01. The topological polar surface area (TPSA) is 81.4 Å². The predicted octanol–water partition coefficient (Wildman–Crippen LogP) is 4.32. The highest BCUT2D eigenvalue weighted by atomic mass is 35.5. The fourth-order valence-corrected chi connectivity index (χ4v) is 2.38. The Morgan fingerprint density at radius 2 is 1.96 bits per heavy atom. The van der Waals surface area contributed by atoms with Crippen molar-refractivity contribution in [2.45, 2.75) is 13.0 Å². The zero-order chi connectivity index (χ0) is 18.0. The lowest BCUT2D eigenvalue weighted by atomic mass is 10.2. The number of esters is 1. The number of hydrogen-bond donors (Lipinski definition) is 1. The number of ether oxygens (including phenoxy) is 1. The van der Waals surface area contributed by atoms with E-state index in [1.54, 1.807) is 24.3 Å². The van der Waals surface area contributed by atoms with E-state index < -0.39 is 18.0 Å². The second-order valence-electron chi connectivity index (χ2n) is 5.20. The van der Waals surface area contributed by atoms with Gasteiger partial charge in [0.1, 0.15) is 5.52 Å². The van der Waals surface area contributed by atoms with Crippen molar-refractivity contribution in [1.82, 2.24) is 4.98 Å². The molecule has 1 amide bonds. The van der Waals surface area contributed by atoms with Crippen molar-refractivity contribution in [3.63, 3.8) is 0 Å². The van der Waals surface area contributed by atoms with Crippen LogP contribution in [-0.2, 0) is 9.53 Å². The summed E-state index contributed by atoms with van der Waals surface area (Å²) in [6.45, 7) is 1.47. The summed E-state index contributed by atoms with van der Waals surface area (Å²) in [6.07, 6.45) is 0.280. The van der Waals surface area contributed by atoms with Gasteiger partial charge in [-0.25, -0.2) is 9.78 Å². The minimum Gasteiger partial charge on any atom is -0.449 e. The molecule has 1 heterocycles. The van der Waals surface area contributed by atoms with Crippen molar-refractivity contribution in [2.75, 3.05) is 5.32 Å². The quantitative estimate of drug-likeness (QED) is 0.683. The van der Waals surface area contributed by atoms with Gasteiger partial charge in [-0.15, -0.1) is 0 Å². The van der Waals surface area contributed by atoms with E-state index in [1.807, 2.05) is 0 Å². The number of anilines is 1. The standard InChI is InChI=1S/C17H12Cl2N2O4/c1-9(16(22)21-11-3-4-12(18)13(19)7-11)25-17(23)10-2-5-15-14(6-10)20-8-24-15/h2-9H,1H3,(H,21,22). The molecule has 0 bridgehead atoms. The van der Waals surface area contributed by atoms with E-state index in [1.165, 1.54) is 25.5 Å². The van der Waals surface area contributed by atoms with Crippen LogP contribution in [0.5, 0.6) is 0 Å². The van der Waals surface area contributed by atoms with Crippen LogP contribution in [0.25, 0.3) is 11.1 Å². The maximum atomic E-state index is 12.2. The lowest BCUT2D eigenvalue weighted by Gasteiger charge is -2.14. The molecule has 1 atom stereocenters. The zero-order valence-corrected chi connectivity index (χ0v) is 14.5. The normalized spacial score (nSPS) is 12.0. The van der Waals surface area contributed by atoms with Crippen molar-refractivity contribution in [3.8, 4) is 0 Å². The molecule has 0 aliphatic heterocycles. The van der Waals surface area contributed by atoms with Crippen molar-refractivity contribution in [1.29, 1.82) is 0 Å². The number of benzene rings is 2. The van der Waals surface area contributed by atoms with Gasteiger partial charge in [0.05, 0.1) is 15.6 Å². The third-order valence-corrected chi connectivity index (χ3v) is 4.15. The van der Waals surface area contributed by atoms with Crippen LogP contribution in [-0.4, -0.2) is 23.0 Å². The molecule has 0 saturated carbocycles. The highest BCUT2D eigenvalue weighted by Crippen LogP contribution is 2.25. The maximum Gasteiger partial charge on any atom is 0.338 e. The first-order chi connectivity index (χ1) is 11.9. The third-order valence-electron chi connectivity index (χ3n) is 3.41. The fourth-order valence-electron chi connectivity index (χ4n) is 2.08. The van der Waals surface area contributed by atoms with Gasteiger partial charge in [-0.3, -0.25) is 4.79 Å². The van der Waals surface area contributed by atoms with Crippen molar-refractivity contribution in [2.24, 2.45) is 0 Å². The molecule has 0 spiro atoms. The molecular formula is C17H12Cl2N2O4. The third kappa shape index (κ3) is 3.92. The Labute approximate surface area is 152 Å². The number of nitrogens with one attached hydrogen (secondary N) is 1. The summed E-state index contributed by atoms with van der Waals surface area (Å²) in [5.74, 6) is -1.13. The number of aromatic nitrogens is 1. The molecule has 2 aromatic carbocycles. The molecule has 0 aliphatic rings. The van der Waals surface area contributed by atoms with Gasteiger partial charge in [0.15, 0.2) is 18.1 Å². The Morgan fingerprint density at radius 1 is 1.16 bits per heavy atom.